The highest BCUT2D eigenvalue weighted by atomic mass is 16.3. The van der Waals surface area contributed by atoms with Gasteiger partial charge in [0.2, 0.25) is 5.78 Å². The van der Waals surface area contributed by atoms with Crippen molar-refractivity contribution in [2.24, 2.45) is 0 Å². The second-order valence-corrected chi connectivity index (χ2v) is 2.39. The van der Waals surface area contributed by atoms with Crippen molar-refractivity contribution in [3.63, 3.8) is 0 Å². The Morgan fingerprint density at radius 1 is 1.50 bits per heavy atom. The summed E-state index contributed by atoms with van der Waals surface area (Å²) in [7, 11) is 0. The van der Waals surface area contributed by atoms with Crippen molar-refractivity contribution in [2.45, 2.75) is 6.92 Å². The summed E-state index contributed by atoms with van der Waals surface area (Å²) >= 11 is 0. The second-order valence-electron chi connectivity index (χ2n) is 2.39. The van der Waals surface area contributed by atoms with E-state index in [0.29, 0.717) is 0 Å². The van der Waals surface area contributed by atoms with Gasteiger partial charge in [0.1, 0.15) is 5.71 Å². The lowest BCUT2D eigenvalue weighted by molar-refractivity contribution is -0.113. The molecule has 0 atom stereocenters. The Morgan fingerprint density at radius 2 is 2.08 bits per heavy atom. The highest BCUT2D eigenvalue weighted by molar-refractivity contribution is 6.49. The zero-order chi connectivity index (χ0) is 9.30. The van der Waals surface area contributed by atoms with E-state index in [1.165, 1.54) is 13.0 Å². The highest BCUT2D eigenvalue weighted by Crippen LogP contribution is 2.12. The number of allylic oxidation sites excluding steroid dienone is 4. The van der Waals surface area contributed by atoms with Crippen LogP contribution < -0.4 is 0 Å². The molecule has 0 bridgehead atoms. The number of hydrogen-bond acceptors (Lipinski definition) is 4. The van der Waals surface area contributed by atoms with Crippen LogP contribution in [0, 0.1) is 5.41 Å². The molecule has 0 saturated heterocycles. The van der Waals surface area contributed by atoms with Gasteiger partial charge in [-0.05, 0) is 19.1 Å². The second kappa shape index (κ2) is 2.73. The Labute approximate surface area is 68.7 Å². The fourth-order valence-corrected chi connectivity index (χ4v) is 0.857. The van der Waals surface area contributed by atoms with Crippen molar-refractivity contribution in [1.29, 1.82) is 5.41 Å². The minimum absolute atomic E-state index is 0.0135. The Kier molecular flexibility index (Phi) is 1.91. The van der Waals surface area contributed by atoms with E-state index in [0.717, 1.165) is 6.08 Å². The molecule has 0 unspecified atom stereocenters. The third kappa shape index (κ3) is 1.18. The van der Waals surface area contributed by atoms with E-state index in [1.54, 1.807) is 0 Å². The van der Waals surface area contributed by atoms with Gasteiger partial charge in [0.15, 0.2) is 11.5 Å². The molecule has 0 fully saturated rings. The van der Waals surface area contributed by atoms with E-state index in [2.05, 4.69) is 0 Å². The summed E-state index contributed by atoms with van der Waals surface area (Å²) in [5, 5.41) is 16.2. The lowest BCUT2D eigenvalue weighted by Gasteiger charge is -2.07. The summed E-state index contributed by atoms with van der Waals surface area (Å²) in [6.45, 7) is 1.26. The molecule has 0 spiro atoms. The molecule has 0 amide bonds. The van der Waals surface area contributed by atoms with Crippen molar-refractivity contribution in [1.82, 2.24) is 0 Å². The van der Waals surface area contributed by atoms with Crippen LogP contribution in [-0.4, -0.2) is 22.4 Å². The Hall–Kier alpha value is -1.71. The first-order chi connectivity index (χ1) is 5.54. The smallest absolute Gasteiger partial charge is 0.207 e. The van der Waals surface area contributed by atoms with Crippen LogP contribution in [0.1, 0.15) is 6.92 Å². The van der Waals surface area contributed by atoms with Crippen LogP contribution in [0.25, 0.3) is 0 Å². The van der Waals surface area contributed by atoms with Gasteiger partial charge < -0.3 is 5.11 Å². The lowest BCUT2D eigenvalue weighted by atomic mass is 10.00. The topological polar surface area (TPSA) is 78.2 Å². The first-order valence-corrected chi connectivity index (χ1v) is 3.29. The molecule has 0 aromatic carbocycles. The van der Waals surface area contributed by atoms with Crippen LogP contribution in [0.2, 0.25) is 0 Å². The average Bonchev–Trinajstić information content (AvgIpc) is 2.00. The van der Waals surface area contributed by atoms with Gasteiger partial charge in [0.25, 0.3) is 0 Å². The molecule has 0 heterocycles. The standard InChI is InChI=1S/C8H7NO3/c1-4(10)5-2-3-6(11)7(9)8(5)12/h2-3,9,12H,1H3. The maximum Gasteiger partial charge on any atom is 0.207 e. The van der Waals surface area contributed by atoms with E-state index in [1.807, 2.05) is 0 Å². The molecule has 0 radical (unpaired) electrons. The van der Waals surface area contributed by atoms with Gasteiger partial charge in [-0.25, -0.2) is 0 Å². The quantitative estimate of drug-likeness (QED) is 0.557. The third-order valence-corrected chi connectivity index (χ3v) is 1.52. The molecule has 1 rings (SSSR count). The number of carbonyl (C=O) groups excluding carboxylic acids is 2. The predicted molar refractivity (Wildman–Crippen MR) is 42.2 cm³/mol. The van der Waals surface area contributed by atoms with E-state index >= 15 is 0 Å². The molecular formula is C8H7NO3. The summed E-state index contributed by atoms with van der Waals surface area (Å²) in [4.78, 5) is 21.5. The summed E-state index contributed by atoms with van der Waals surface area (Å²) < 4.78 is 0. The Morgan fingerprint density at radius 3 is 2.58 bits per heavy atom. The number of nitrogens with one attached hydrogen (secondary N) is 1. The number of hydrogen-bond donors (Lipinski definition) is 2. The number of Topliss-reactive ketones (excluding diaryl/α,β-unsaturated/α-hetero) is 1. The van der Waals surface area contributed by atoms with E-state index in [4.69, 9.17) is 10.5 Å². The number of ketones is 2. The van der Waals surface area contributed by atoms with E-state index in [-0.39, 0.29) is 11.4 Å². The van der Waals surface area contributed by atoms with Crippen LogP contribution in [0.5, 0.6) is 0 Å². The first-order valence-electron chi connectivity index (χ1n) is 3.29. The fraction of sp³-hybridized carbons (Fsp3) is 0.125. The molecule has 1 aliphatic carbocycles. The van der Waals surface area contributed by atoms with Crippen LogP contribution in [-0.2, 0) is 9.59 Å². The molecule has 62 valence electrons. The number of aliphatic hydroxyl groups excluding tert-OH is 1. The van der Waals surface area contributed by atoms with Crippen molar-refractivity contribution in [3.8, 4) is 0 Å². The van der Waals surface area contributed by atoms with Gasteiger partial charge >= 0.3 is 0 Å². The Balaban J connectivity index is 3.19. The molecule has 12 heavy (non-hydrogen) atoms. The van der Waals surface area contributed by atoms with Gasteiger partial charge in [-0.15, -0.1) is 0 Å². The van der Waals surface area contributed by atoms with Gasteiger partial charge in [0.05, 0.1) is 5.57 Å². The average molecular weight is 165 g/mol. The molecule has 4 nitrogen and oxygen atoms in total. The SMILES string of the molecule is CC(=O)C1=C(O)C(=N)C(=O)C=C1. The van der Waals surface area contributed by atoms with Crippen LogP contribution in [0.4, 0.5) is 0 Å². The van der Waals surface area contributed by atoms with E-state index in [9.17, 15) is 9.59 Å². The molecular weight excluding hydrogens is 158 g/mol. The molecule has 1 aliphatic rings. The number of aliphatic hydroxyl groups is 1. The summed E-state index contributed by atoms with van der Waals surface area (Å²) in [6, 6.07) is 0. The lowest BCUT2D eigenvalue weighted by Crippen LogP contribution is -2.19. The summed E-state index contributed by atoms with van der Waals surface area (Å²) in [6.07, 6.45) is 2.32. The van der Waals surface area contributed by atoms with Crippen LogP contribution in [0.3, 0.4) is 0 Å². The predicted octanol–water partition coefficient (Wildman–Crippen LogP) is 0.546. The minimum Gasteiger partial charge on any atom is -0.505 e. The monoisotopic (exact) mass is 165 g/mol. The molecule has 0 saturated carbocycles. The molecule has 0 aromatic heterocycles. The largest absolute Gasteiger partial charge is 0.505 e. The normalized spacial score (nSPS) is 17.1. The number of rotatable bonds is 1. The van der Waals surface area contributed by atoms with Crippen LogP contribution in [0.15, 0.2) is 23.5 Å². The van der Waals surface area contributed by atoms with Crippen molar-refractivity contribution < 1.29 is 14.7 Å². The van der Waals surface area contributed by atoms with Crippen LogP contribution >= 0.6 is 0 Å². The number of carbonyl (C=O) groups is 2. The minimum atomic E-state index is -0.586. The first kappa shape index (κ1) is 8.39. The van der Waals surface area contributed by atoms with Crippen molar-refractivity contribution >= 4 is 17.3 Å². The van der Waals surface area contributed by atoms with E-state index < -0.39 is 17.3 Å². The van der Waals surface area contributed by atoms with Crippen molar-refractivity contribution in [3.05, 3.63) is 23.5 Å². The maximum atomic E-state index is 10.8. The Bertz CT molecular complexity index is 336. The zero-order valence-corrected chi connectivity index (χ0v) is 6.42. The molecule has 0 aliphatic heterocycles. The van der Waals surface area contributed by atoms with Gasteiger partial charge in [-0.3, -0.25) is 15.0 Å². The summed E-state index contributed by atoms with van der Waals surface area (Å²) in [5.74, 6) is -1.48. The molecule has 4 heteroatoms. The molecule has 2 N–H and O–H groups in total. The molecule has 0 aromatic rings. The maximum absolute atomic E-state index is 10.8. The van der Waals surface area contributed by atoms with Gasteiger partial charge in [-0.2, -0.15) is 0 Å². The zero-order valence-electron chi connectivity index (χ0n) is 6.42. The van der Waals surface area contributed by atoms with Gasteiger partial charge in [0, 0.05) is 0 Å². The van der Waals surface area contributed by atoms with Crippen molar-refractivity contribution in [2.75, 3.05) is 0 Å². The fourth-order valence-electron chi connectivity index (χ4n) is 0.857. The third-order valence-electron chi connectivity index (χ3n) is 1.52. The summed E-state index contributed by atoms with van der Waals surface area (Å²) in [5.41, 5.74) is -0.512. The van der Waals surface area contributed by atoms with Gasteiger partial charge in [-0.1, -0.05) is 0 Å². The highest BCUT2D eigenvalue weighted by Gasteiger charge is 2.21.